The molecule has 0 aromatic heterocycles. The number of unbranched alkanes of at least 4 members (excludes halogenated alkanes) is 31. The largest absolute Gasteiger partial charge is 0.462 e. The maximum atomic E-state index is 12.8. The summed E-state index contributed by atoms with van der Waals surface area (Å²) in [5, 5.41) is 0. The minimum Gasteiger partial charge on any atom is -0.462 e. The zero-order valence-electron chi connectivity index (χ0n) is 46.3. The summed E-state index contributed by atoms with van der Waals surface area (Å²) >= 11 is 0. The first-order chi connectivity index (χ1) is 34.5. The predicted octanol–water partition coefficient (Wildman–Crippen LogP) is 20.2. The molecule has 0 aliphatic rings. The lowest BCUT2D eigenvalue weighted by Crippen LogP contribution is -2.30. The fourth-order valence-corrected chi connectivity index (χ4v) is 8.47. The van der Waals surface area contributed by atoms with Crippen molar-refractivity contribution < 1.29 is 28.6 Å². The average Bonchev–Trinajstić information content (AvgIpc) is 3.36. The zero-order chi connectivity index (χ0) is 50.7. The van der Waals surface area contributed by atoms with Crippen molar-refractivity contribution >= 4 is 17.9 Å². The number of carbonyl (C=O) groups excluding carboxylic acids is 3. The summed E-state index contributed by atoms with van der Waals surface area (Å²) in [7, 11) is 0. The molecule has 0 aromatic rings. The maximum absolute atomic E-state index is 12.8. The van der Waals surface area contributed by atoms with Crippen molar-refractivity contribution in [2.75, 3.05) is 13.2 Å². The third-order valence-electron chi connectivity index (χ3n) is 12.9. The first-order valence-electron chi connectivity index (χ1n) is 29.9. The van der Waals surface area contributed by atoms with Gasteiger partial charge in [-0.3, -0.25) is 14.4 Å². The van der Waals surface area contributed by atoms with Crippen molar-refractivity contribution in [3.8, 4) is 0 Å². The average molecular weight is 978 g/mol. The van der Waals surface area contributed by atoms with Crippen LogP contribution in [0, 0.1) is 0 Å². The van der Waals surface area contributed by atoms with Gasteiger partial charge in [0.15, 0.2) is 6.10 Å². The molecule has 6 heteroatoms. The molecular weight excluding hydrogens is 865 g/mol. The molecule has 0 amide bonds. The number of rotatable bonds is 54. The van der Waals surface area contributed by atoms with E-state index in [-0.39, 0.29) is 31.1 Å². The highest BCUT2D eigenvalue weighted by atomic mass is 16.6. The van der Waals surface area contributed by atoms with Gasteiger partial charge >= 0.3 is 17.9 Å². The first kappa shape index (κ1) is 66.9. The van der Waals surface area contributed by atoms with E-state index in [0.717, 1.165) is 96.3 Å². The molecule has 0 saturated heterocycles. The Labute approximate surface area is 433 Å². The standard InChI is InChI=1S/C64H112O6/c1-4-7-10-13-16-19-22-24-26-28-29-30-31-32-33-34-35-37-38-40-42-45-48-51-54-57-63(66)69-60-61(59-68-62(65)56-53-50-47-44-21-18-15-12-9-6-3)70-64(67)58-55-52-49-46-43-41-39-36-27-25-23-20-17-14-11-8-5-2/h7,10,16-17,19-20,24-27,29-30,61H,4-6,8-9,11-15,18,21-23,28,31-60H2,1-3H3/b10-7-,19-16-,20-17-,26-24-,27-25-,30-29-. The van der Waals surface area contributed by atoms with Crippen LogP contribution in [0.1, 0.15) is 297 Å². The molecule has 0 aliphatic heterocycles. The van der Waals surface area contributed by atoms with Crippen molar-refractivity contribution in [2.24, 2.45) is 0 Å². The summed E-state index contributed by atoms with van der Waals surface area (Å²) in [5.41, 5.74) is 0. The highest BCUT2D eigenvalue weighted by molar-refractivity contribution is 5.71. The van der Waals surface area contributed by atoms with Gasteiger partial charge in [0.2, 0.25) is 0 Å². The summed E-state index contributed by atoms with van der Waals surface area (Å²) in [6.07, 6.45) is 74.7. The molecule has 0 bridgehead atoms. The van der Waals surface area contributed by atoms with Gasteiger partial charge in [-0.25, -0.2) is 0 Å². The van der Waals surface area contributed by atoms with Crippen LogP contribution < -0.4 is 0 Å². The van der Waals surface area contributed by atoms with Gasteiger partial charge in [0, 0.05) is 19.3 Å². The molecule has 404 valence electrons. The smallest absolute Gasteiger partial charge is 0.306 e. The summed E-state index contributed by atoms with van der Waals surface area (Å²) in [6.45, 7) is 6.51. The van der Waals surface area contributed by atoms with E-state index in [4.69, 9.17) is 14.2 Å². The van der Waals surface area contributed by atoms with Gasteiger partial charge in [-0.05, 0) is 89.9 Å². The van der Waals surface area contributed by atoms with Crippen LogP contribution in [-0.4, -0.2) is 37.2 Å². The second-order valence-electron chi connectivity index (χ2n) is 19.9. The van der Waals surface area contributed by atoms with Gasteiger partial charge in [0.05, 0.1) is 0 Å². The molecule has 0 fully saturated rings. The molecule has 0 aliphatic carbocycles. The Morgan fingerprint density at radius 1 is 0.300 bits per heavy atom. The number of carbonyl (C=O) groups is 3. The Bertz CT molecular complexity index is 1310. The lowest BCUT2D eigenvalue weighted by atomic mass is 10.0. The highest BCUT2D eigenvalue weighted by Crippen LogP contribution is 2.16. The monoisotopic (exact) mass is 977 g/mol. The summed E-state index contributed by atoms with van der Waals surface area (Å²) < 4.78 is 16.9. The molecule has 1 atom stereocenters. The molecule has 0 spiro atoms. The van der Waals surface area contributed by atoms with E-state index >= 15 is 0 Å². The number of ether oxygens (including phenoxy) is 3. The molecule has 0 N–H and O–H groups in total. The van der Waals surface area contributed by atoms with Gasteiger partial charge < -0.3 is 14.2 Å². The van der Waals surface area contributed by atoms with Gasteiger partial charge in [0.25, 0.3) is 0 Å². The zero-order valence-corrected chi connectivity index (χ0v) is 46.3. The predicted molar refractivity (Wildman–Crippen MR) is 302 cm³/mol. The highest BCUT2D eigenvalue weighted by Gasteiger charge is 2.19. The maximum Gasteiger partial charge on any atom is 0.306 e. The van der Waals surface area contributed by atoms with Gasteiger partial charge in [-0.15, -0.1) is 0 Å². The van der Waals surface area contributed by atoms with Crippen LogP contribution in [0.15, 0.2) is 72.9 Å². The van der Waals surface area contributed by atoms with Crippen LogP contribution in [0.3, 0.4) is 0 Å². The van der Waals surface area contributed by atoms with Crippen molar-refractivity contribution in [1.82, 2.24) is 0 Å². The van der Waals surface area contributed by atoms with E-state index in [9.17, 15) is 14.4 Å². The molecule has 0 saturated carbocycles. The van der Waals surface area contributed by atoms with Crippen molar-refractivity contribution in [3.05, 3.63) is 72.9 Å². The minimum absolute atomic E-state index is 0.0762. The fourth-order valence-electron chi connectivity index (χ4n) is 8.47. The third-order valence-corrected chi connectivity index (χ3v) is 12.9. The Kier molecular flexibility index (Phi) is 55.8. The molecule has 0 radical (unpaired) electrons. The van der Waals surface area contributed by atoms with Crippen LogP contribution in [0.4, 0.5) is 0 Å². The van der Waals surface area contributed by atoms with Crippen LogP contribution >= 0.6 is 0 Å². The van der Waals surface area contributed by atoms with Gasteiger partial charge in [-0.1, -0.05) is 261 Å². The number of hydrogen-bond donors (Lipinski definition) is 0. The summed E-state index contributed by atoms with van der Waals surface area (Å²) in [6, 6.07) is 0. The number of hydrogen-bond acceptors (Lipinski definition) is 6. The molecule has 0 aromatic carbocycles. The van der Waals surface area contributed by atoms with Gasteiger partial charge in [0.1, 0.15) is 13.2 Å². The molecule has 70 heavy (non-hydrogen) atoms. The molecular formula is C64H112O6. The van der Waals surface area contributed by atoms with Crippen LogP contribution in [0.25, 0.3) is 0 Å². The van der Waals surface area contributed by atoms with E-state index in [0.29, 0.717) is 19.3 Å². The first-order valence-corrected chi connectivity index (χ1v) is 29.9. The lowest BCUT2D eigenvalue weighted by Gasteiger charge is -2.18. The quantitative estimate of drug-likeness (QED) is 0.0261. The van der Waals surface area contributed by atoms with E-state index in [1.165, 1.54) is 161 Å². The van der Waals surface area contributed by atoms with E-state index in [1.54, 1.807) is 0 Å². The summed E-state index contributed by atoms with van der Waals surface area (Å²) in [4.78, 5) is 38.1. The number of esters is 3. The van der Waals surface area contributed by atoms with Crippen molar-refractivity contribution in [2.45, 2.75) is 303 Å². The summed E-state index contributed by atoms with van der Waals surface area (Å²) in [5.74, 6) is -0.877. The van der Waals surface area contributed by atoms with E-state index < -0.39 is 6.10 Å². The molecule has 0 rings (SSSR count). The van der Waals surface area contributed by atoms with E-state index in [2.05, 4.69) is 93.7 Å². The fraction of sp³-hybridized carbons (Fsp3) is 0.766. The van der Waals surface area contributed by atoms with Crippen LogP contribution in [0.5, 0.6) is 0 Å². The second kappa shape index (κ2) is 58.4. The molecule has 0 heterocycles. The van der Waals surface area contributed by atoms with Gasteiger partial charge in [-0.2, -0.15) is 0 Å². The molecule has 6 nitrogen and oxygen atoms in total. The molecule has 1 unspecified atom stereocenters. The lowest BCUT2D eigenvalue weighted by molar-refractivity contribution is -0.167. The van der Waals surface area contributed by atoms with E-state index in [1.807, 2.05) is 0 Å². The topological polar surface area (TPSA) is 78.9 Å². The number of allylic oxidation sites excluding steroid dienone is 12. The minimum atomic E-state index is -0.778. The Morgan fingerprint density at radius 2 is 0.557 bits per heavy atom. The third kappa shape index (κ3) is 55.8. The normalized spacial score (nSPS) is 12.6. The Morgan fingerprint density at radius 3 is 0.900 bits per heavy atom. The van der Waals surface area contributed by atoms with Crippen LogP contribution in [-0.2, 0) is 28.6 Å². The Balaban J connectivity index is 4.24. The Hall–Kier alpha value is -3.15. The second-order valence-corrected chi connectivity index (χ2v) is 19.9. The van der Waals surface area contributed by atoms with Crippen molar-refractivity contribution in [3.63, 3.8) is 0 Å². The van der Waals surface area contributed by atoms with Crippen LogP contribution in [0.2, 0.25) is 0 Å². The van der Waals surface area contributed by atoms with Crippen molar-refractivity contribution in [1.29, 1.82) is 0 Å². The SMILES string of the molecule is CC/C=C\C/C=C\C/C=C\C/C=C\CCCCCCCCCCCCCCC(=O)OCC(COC(=O)CCCCCCCCCCCC)OC(=O)CCCCCCCCC/C=C\C/C=C\CCCCC.